The highest BCUT2D eigenvalue weighted by molar-refractivity contribution is 7.79. The second-order valence-corrected chi connectivity index (χ2v) is 12.5. The van der Waals surface area contributed by atoms with E-state index in [9.17, 15) is 0 Å². The third-order valence-electron chi connectivity index (χ3n) is 8.52. The van der Waals surface area contributed by atoms with Gasteiger partial charge in [-0.1, -0.05) is 106 Å². The van der Waals surface area contributed by atoms with Gasteiger partial charge in [-0.2, -0.15) is 0 Å². The number of aliphatic imine (C=N–C) groups is 1. The molecular formula is C30H34NP. The lowest BCUT2D eigenvalue weighted by Crippen LogP contribution is -2.33. The zero-order valence-electron chi connectivity index (χ0n) is 19.8. The highest BCUT2D eigenvalue weighted by atomic mass is 31.1. The molecule has 32 heavy (non-hydrogen) atoms. The van der Waals surface area contributed by atoms with Crippen molar-refractivity contribution in [3.05, 3.63) is 90.5 Å². The molecule has 1 nitrogen and oxygen atoms in total. The molecule has 0 radical (unpaired) electrons. The van der Waals surface area contributed by atoms with Gasteiger partial charge in [0.2, 0.25) is 0 Å². The van der Waals surface area contributed by atoms with Gasteiger partial charge in [0.15, 0.2) is 0 Å². The first-order valence-corrected chi connectivity index (χ1v) is 13.3. The molecule has 0 heterocycles. The van der Waals surface area contributed by atoms with E-state index in [1.165, 1.54) is 46.5 Å². The minimum atomic E-state index is -0.624. The number of benzene rings is 3. The van der Waals surface area contributed by atoms with Gasteiger partial charge in [-0.05, 0) is 66.9 Å². The van der Waals surface area contributed by atoms with Gasteiger partial charge in [0.05, 0.1) is 6.04 Å². The summed E-state index contributed by atoms with van der Waals surface area (Å²) in [7, 11) is -0.624. The number of fused-ring (bicyclic) bond motifs is 2. The van der Waals surface area contributed by atoms with Crippen LogP contribution >= 0.6 is 7.92 Å². The largest absolute Gasteiger partial charge is 0.286 e. The molecule has 164 valence electrons. The van der Waals surface area contributed by atoms with Crippen molar-refractivity contribution in [2.24, 2.45) is 21.7 Å². The summed E-state index contributed by atoms with van der Waals surface area (Å²) in [5.41, 5.74) is 3.46. The van der Waals surface area contributed by atoms with Crippen molar-refractivity contribution in [3.63, 3.8) is 0 Å². The minimum absolute atomic E-state index is 0.172. The molecule has 0 spiro atoms. The van der Waals surface area contributed by atoms with Crippen LogP contribution in [0.5, 0.6) is 0 Å². The van der Waals surface area contributed by atoms with Crippen LogP contribution in [-0.2, 0) is 0 Å². The van der Waals surface area contributed by atoms with E-state index in [2.05, 4.69) is 113 Å². The topological polar surface area (TPSA) is 12.4 Å². The summed E-state index contributed by atoms with van der Waals surface area (Å²) in [6.07, 6.45) is 3.83. The van der Waals surface area contributed by atoms with Crippen LogP contribution in [0.25, 0.3) is 0 Å². The van der Waals surface area contributed by atoms with E-state index in [0.29, 0.717) is 5.41 Å². The average Bonchev–Trinajstić information content (AvgIpc) is 3.15. The van der Waals surface area contributed by atoms with Gasteiger partial charge in [-0.3, -0.25) is 4.99 Å². The Morgan fingerprint density at radius 1 is 0.812 bits per heavy atom. The SMILES string of the molecule is C[C@H](N=C1CC2CCC1(C)C2(C)C)c1ccccc1P(c1ccccc1)c1ccccc1. The van der Waals surface area contributed by atoms with Crippen molar-refractivity contribution in [2.45, 2.75) is 53.0 Å². The Hall–Kier alpha value is -2.24. The normalized spacial score (nSPS) is 26.0. The Bertz CT molecular complexity index is 1080. The maximum absolute atomic E-state index is 5.45. The Morgan fingerprint density at radius 2 is 1.38 bits per heavy atom. The second-order valence-electron chi connectivity index (χ2n) is 10.3. The van der Waals surface area contributed by atoms with Crippen molar-refractivity contribution < 1.29 is 0 Å². The van der Waals surface area contributed by atoms with E-state index in [1.54, 1.807) is 0 Å². The van der Waals surface area contributed by atoms with Crippen LogP contribution in [0.3, 0.4) is 0 Å². The third kappa shape index (κ3) is 3.46. The predicted molar refractivity (Wildman–Crippen MR) is 140 cm³/mol. The molecule has 2 fully saturated rings. The molecule has 3 atom stereocenters. The first kappa shape index (κ1) is 21.6. The molecule has 2 saturated carbocycles. The quantitative estimate of drug-likeness (QED) is 0.388. The maximum atomic E-state index is 5.45. The summed E-state index contributed by atoms with van der Waals surface area (Å²) in [5.74, 6) is 0.791. The zero-order chi connectivity index (χ0) is 22.3. The van der Waals surface area contributed by atoms with E-state index in [-0.39, 0.29) is 11.5 Å². The highest BCUT2D eigenvalue weighted by Gasteiger charge is 2.59. The summed E-state index contributed by atoms with van der Waals surface area (Å²) in [5, 5.41) is 4.23. The van der Waals surface area contributed by atoms with E-state index in [0.717, 1.165) is 5.92 Å². The smallest absolute Gasteiger partial charge is 0.0726 e. The molecule has 0 aliphatic heterocycles. The Balaban J connectivity index is 1.58. The average molecular weight is 440 g/mol. The fourth-order valence-corrected chi connectivity index (χ4v) is 8.60. The summed E-state index contributed by atoms with van der Waals surface area (Å²) in [4.78, 5) is 5.45. The number of hydrogen-bond acceptors (Lipinski definition) is 1. The molecule has 0 amide bonds. The fourth-order valence-electron chi connectivity index (χ4n) is 6.05. The summed E-state index contributed by atoms with van der Waals surface area (Å²) in [6, 6.07) is 31.2. The standard InChI is InChI=1S/C30H34NP/c1-22(31-28-21-23-19-20-30(28,4)29(23,2)3)26-17-11-12-18-27(26)32(24-13-7-5-8-14-24)25-15-9-6-10-16-25/h5-18,22-23H,19-21H2,1-4H3/t22-,23?,30?/m0/s1. The van der Waals surface area contributed by atoms with Crippen molar-refractivity contribution in [2.75, 3.05) is 0 Å². The maximum Gasteiger partial charge on any atom is 0.0726 e. The van der Waals surface area contributed by atoms with Gasteiger partial charge in [-0.25, -0.2) is 0 Å². The van der Waals surface area contributed by atoms with Crippen LogP contribution in [0, 0.1) is 16.7 Å². The lowest BCUT2D eigenvalue weighted by atomic mass is 9.70. The molecule has 2 aliphatic carbocycles. The van der Waals surface area contributed by atoms with Gasteiger partial charge in [0.1, 0.15) is 0 Å². The minimum Gasteiger partial charge on any atom is -0.286 e. The van der Waals surface area contributed by atoms with Crippen molar-refractivity contribution in [1.82, 2.24) is 0 Å². The van der Waals surface area contributed by atoms with Crippen molar-refractivity contribution in [1.29, 1.82) is 0 Å². The van der Waals surface area contributed by atoms with Crippen LogP contribution in [-0.4, -0.2) is 5.71 Å². The summed E-state index contributed by atoms with van der Waals surface area (Å²) >= 11 is 0. The van der Waals surface area contributed by atoms with Crippen molar-refractivity contribution >= 4 is 29.5 Å². The molecule has 0 aromatic heterocycles. The van der Waals surface area contributed by atoms with Gasteiger partial charge < -0.3 is 0 Å². The van der Waals surface area contributed by atoms with Crippen LogP contribution in [0.4, 0.5) is 0 Å². The van der Waals surface area contributed by atoms with Crippen molar-refractivity contribution in [3.8, 4) is 0 Å². The molecule has 2 aliphatic rings. The lowest BCUT2D eigenvalue weighted by molar-refractivity contribution is 0.193. The third-order valence-corrected chi connectivity index (χ3v) is 11.0. The van der Waals surface area contributed by atoms with Crippen LogP contribution in [0.1, 0.15) is 58.6 Å². The van der Waals surface area contributed by atoms with Gasteiger partial charge in [-0.15, -0.1) is 0 Å². The first-order chi connectivity index (χ1) is 15.4. The first-order valence-electron chi connectivity index (χ1n) is 12.0. The van der Waals surface area contributed by atoms with Crippen LogP contribution in [0.15, 0.2) is 89.9 Å². The molecule has 3 aromatic carbocycles. The van der Waals surface area contributed by atoms with Gasteiger partial charge >= 0.3 is 0 Å². The van der Waals surface area contributed by atoms with E-state index < -0.39 is 7.92 Å². The Morgan fingerprint density at radius 3 is 1.91 bits per heavy atom. The summed E-state index contributed by atoms with van der Waals surface area (Å²) < 4.78 is 0. The lowest BCUT2D eigenvalue weighted by Gasteiger charge is -2.35. The molecule has 2 unspecified atom stereocenters. The van der Waals surface area contributed by atoms with Gasteiger partial charge in [0.25, 0.3) is 0 Å². The molecule has 2 bridgehead atoms. The highest BCUT2D eigenvalue weighted by Crippen LogP contribution is 2.64. The Kier molecular flexibility index (Phi) is 5.58. The van der Waals surface area contributed by atoms with Gasteiger partial charge in [0, 0.05) is 11.1 Å². The molecule has 0 N–H and O–H groups in total. The monoisotopic (exact) mass is 439 g/mol. The number of rotatable bonds is 5. The van der Waals surface area contributed by atoms with E-state index >= 15 is 0 Å². The van der Waals surface area contributed by atoms with Crippen LogP contribution < -0.4 is 15.9 Å². The number of hydrogen-bond donors (Lipinski definition) is 0. The molecule has 3 aromatic rings. The molecular weight excluding hydrogens is 405 g/mol. The molecule has 5 rings (SSSR count). The Labute approximate surface area is 194 Å². The zero-order valence-corrected chi connectivity index (χ0v) is 20.6. The predicted octanol–water partition coefficient (Wildman–Crippen LogP) is 6.79. The molecule has 2 heteroatoms. The fraction of sp³-hybridized carbons (Fsp3) is 0.367. The molecule has 0 saturated heterocycles. The van der Waals surface area contributed by atoms with Crippen LogP contribution in [0.2, 0.25) is 0 Å². The summed E-state index contributed by atoms with van der Waals surface area (Å²) in [6.45, 7) is 9.71. The number of nitrogens with zero attached hydrogens (tertiary/aromatic N) is 1. The second kappa shape index (κ2) is 8.27. The van der Waals surface area contributed by atoms with E-state index in [1.807, 2.05) is 0 Å². The van der Waals surface area contributed by atoms with E-state index in [4.69, 9.17) is 4.99 Å².